The molecule has 0 aromatic heterocycles. The minimum Gasteiger partial charge on any atom is -0.478 e. The minimum absolute atomic E-state index is 0.0454. The molecule has 0 radical (unpaired) electrons. The van der Waals surface area contributed by atoms with Crippen LogP contribution < -0.4 is 0 Å². The zero-order valence-corrected chi connectivity index (χ0v) is 14.5. The van der Waals surface area contributed by atoms with Gasteiger partial charge in [-0.3, -0.25) is 4.79 Å². The highest BCUT2D eigenvalue weighted by atomic mass is 32.2. The van der Waals surface area contributed by atoms with Crippen LogP contribution in [0, 0.1) is 0 Å². The molecule has 0 fully saturated rings. The van der Waals surface area contributed by atoms with E-state index in [4.69, 9.17) is 5.11 Å². The Morgan fingerprint density at radius 2 is 1.91 bits per heavy atom. The molecule has 6 nitrogen and oxygen atoms in total. The Hall–Kier alpha value is -1.89. The van der Waals surface area contributed by atoms with Crippen molar-refractivity contribution in [3.63, 3.8) is 0 Å². The summed E-state index contributed by atoms with van der Waals surface area (Å²) in [6, 6.07) is 5.78. The molecule has 0 heterocycles. The van der Waals surface area contributed by atoms with Gasteiger partial charge in [0, 0.05) is 18.3 Å². The molecule has 0 aliphatic heterocycles. The van der Waals surface area contributed by atoms with E-state index in [1.54, 1.807) is 32.9 Å². The second kappa shape index (κ2) is 8.10. The van der Waals surface area contributed by atoms with Crippen LogP contribution in [0.4, 0.5) is 0 Å². The van der Waals surface area contributed by atoms with Crippen molar-refractivity contribution in [2.45, 2.75) is 33.2 Å². The zero-order chi connectivity index (χ0) is 17.6. The fourth-order valence-corrected chi connectivity index (χ4v) is 3.55. The molecule has 1 unspecified atom stereocenters. The summed E-state index contributed by atoms with van der Waals surface area (Å²) in [5, 5.41) is 8.98. The Bertz CT molecular complexity index is 669. The predicted molar refractivity (Wildman–Crippen MR) is 88.3 cm³/mol. The van der Waals surface area contributed by atoms with Crippen molar-refractivity contribution in [1.82, 2.24) is 4.90 Å². The average Bonchev–Trinajstić information content (AvgIpc) is 2.47. The lowest BCUT2D eigenvalue weighted by atomic mass is 10.1. The molecule has 0 saturated heterocycles. The van der Waals surface area contributed by atoms with Crippen molar-refractivity contribution in [3.8, 4) is 0 Å². The van der Waals surface area contributed by atoms with Gasteiger partial charge in [-0.05, 0) is 31.5 Å². The van der Waals surface area contributed by atoms with Gasteiger partial charge in [-0.2, -0.15) is 0 Å². The lowest BCUT2D eigenvalue weighted by Gasteiger charge is -2.28. The minimum atomic E-state index is -3.17. The fraction of sp³-hybridized carbons (Fsp3) is 0.500. The number of carboxylic acids is 1. The summed E-state index contributed by atoms with van der Waals surface area (Å²) >= 11 is 0. The number of hydrogen-bond donors (Lipinski definition) is 1. The SMILES string of the molecule is CCN(C(=O)Cc1cccc(C(=O)O)c1)C(C)CS(=O)(=O)CC. The largest absolute Gasteiger partial charge is 0.478 e. The van der Waals surface area contributed by atoms with E-state index >= 15 is 0 Å². The van der Waals surface area contributed by atoms with Crippen molar-refractivity contribution in [2.24, 2.45) is 0 Å². The maximum Gasteiger partial charge on any atom is 0.335 e. The monoisotopic (exact) mass is 341 g/mol. The normalized spacial score (nSPS) is 12.7. The van der Waals surface area contributed by atoms with E-state index in [2.05, 4.69) is 0 Å². The number of nitrogens with zero attached hydrogens (tertiary/aromatic N) is 1. The Labute approximate surface area is 137 Å². The summed E-state index contributed by atoms with van der Waals surface area (Å²) in [5.74, 6) is -1.29. The lowest BCUT2D eigenvalue weighted by molar-refractivity contribution is -0.131. The summed E-state index contributed by atoms with van der Waals surface area (Å²) in [4.78, 5) is 24.9. The van der Waals surface area contributed by atoms with E-state index in [9.17, 15) is 18.0 Å². The molecule has 7 heteroatoms. The number of benzene rings is 1. The van der Waals surface area contributed by atoms with Crippen LogP contribution in [0.1, 0.15) is 36.7 Å². The molecule has 0 aliphatic rings. The van der Waals surface area contributed by atoms with E-state index in [-0.39, 0.29) is 29.4 Å². The number of amides is 1. The fourth-order valence-electron chi connectivity index (χ4n) is 2.40. The second-order valence-electron chi connectivity index (χ2n) is 5.41. The third-order valence-electron chi connectivity index (χ3n) is 3.66. The highest BCUT2D eigenvalue weighted by Gasteiger charge is 2.23. The van der Waals surface area contributed by atoms with Crippen LogP contribution in [-0.2, 0) is 21.1 Å². The van der Waals surface area contributed by atoms with Crippen molar-refractivity contribution in [1.29, 1.82) is 0 Å². The summed E-state index contributed by atoms with van der Waals surface area (Å²) in [6.45, 7) is 5.48. The lowest BCUT2D eigenvalue weighted by Crippen LogP contribution is -2.43. The molecule has 0 aliphatic carbocycles. The van der Waals surface area contributed by atoms with Gasteiger partial charge in [0.05, 0.1) is 17.7 Å². The van der Waals surface area contributed by atoms with Gasteiger partial charge in [0.25, 0.3) is 0 Å². The van der Waals surface area contributed by atoms with Gasteiger partial charge >= 0.3 is 5.97 Å². The molecule has 23 heavy (non-hydrogen) atoms. The van der Waals surface area contributed by atoms with Crippen LogP contribution in [0.5, 0.6) is 0 Å². The topological polar surface area (TPSA) is 91.8 Å². The molecular weight excluding hydrogens is 318 g/mol. The standard InChI is InChI=1S/C16H23NO5S/c1-4-17(12(3)11-23(21,22)5-2)15(18)10-13-7-6-8-14(9-13)16(19)20/h6-9,12H,4-5,10-11H2,1-3H3,(H,19,20). The van der Waals surface area contributed by atoms with Crippen LogP contribution in [0.3, 0.4) is 0 Å². The number of carbonyl (C=O) groups is 2. The molecule has 1 rings (SSSR count). The number of likely N-dealkylation sites (N-methyl/N-ethyl adjacent to an activating group) is 1. The van der Waals surface area contributed by atoms with E-state index in [0.29, 0.717) is 12.1 Å². The Morgan fingerprint density at radius 1 is 1.26 bits per heavy atom. The van der Waals surface area contributed by atoms with E-state index in [1.807, 2.05) is 0 Å². The van der Waals surface area contributed by atoms with Gasteiger partial charge in [-0.1, -0.05) is 19.1 Å². The Balaban J connectivity index is 2.85. The summed E-state index contributed by atoms with van der Waals surface area (Å²) in [5.41, 5.74) is 0.721. The number of carbonyl (C=O) groups excluding carboxylic acids is 1. The Kier molecular flexibility index (Phi) is 6.75. The molecule has 1 aromatic carbocycles. The first-order valence-corrected chi connectivity index (χ1v) is 9.34. The molecule has 1 amide bonds. The van der Waals surface area contributed by atoms with Crippen LogP contribution in [0.2, 0.25) is 0 Å². The van der Waals surface area contributed by atoms with Gasteiger partial charge < -0.3 is 10.0 Å². The molecular formula is C16H23NO5S. The molecule has 1 N–H and O–H groups in total. The average molecular weight is 341 g/mol. The van der Waals surface area contributed by atoms with Crippen LogP contribution in [-0.4, -0.2) is 54.4 Å². The molecule has 0 spiro atoms. The van der Waals surface area contributed by atoms with Crippen molar-refractivity contribution in [2.75, 3.05) is 18.1 Å². The summed E-state index contributed by atoms with van der Waals surface area (Å²) in [6.07, 6.45) is 0.0471. The number of rotatable bonds is 8. The predicted octanol–water partition coefficient (Wildman–Crippen LogP) is 1.60. The van der Waals surface area contributed by atoms with Gasteiger partial charge in [-0.25, -0.2) is 13.2 Å². The smallest absolute Gasteiger partial charge is 0.335 e. The molecule has 128 valence electrons. The molecule has 1 atom stereocenters. The van der Waals surface area contributed by atoms with Crippen molar-refractivity contribution in [3.05, 3.63) is 35.4 Å². The quantitative estimate of drug-likeness (QED) is 0.775. The third kappa shape index (κ3) is 5.67. The van der Waals surface area contributed by atoms with Crippen LogP contribution in [0.25, 0.3) is 0 Å². The molecule has 1 aromatic rings. The molecule has 0 saturated carbocycles. The maximum absolute atomic E-state index is 12.4. The maximum atomic E-state index is 12.4. The number of hydrogen-bond acceptors (Lipinski definition) is 4. The van der Waals surface area contributed by atoms with Crippen LogP contribution >= 0.6 is 0 Å². The highest BCUT2D eigenvalue weighted by molar-refractivity contribution is 7.91. The van der Waals surface area contributed by atoms with Crippen molar-refractivity contribution >= 4 is 21.7 Å². The molecule has 0 bridgehead atoms. The highest BCUT2D eigenvalue weighted by Crippen LogP contribution is 2.11. The van der Waals surface area contributed by atoms with Crippen molar-refractivity contribution < 1.29 is 23.1 Å². The summed E-state index contributed by atoms with van der Waals surface area (Å²) in [7, 11) is -3.17. The third-order valence-corrected chi connectivity index (χ3v) is 5.53. The van der Waals surface area contributed by atoms with E-state index in [1.165, 1.54) is 17.0 Å². The number of carboxylic acid groups (broad SMARTS) is 1. The van der Waals surface area contributed by atoms with Gasteiger partial charge in [0.1, 0.15) is 0 Å². The first kappa shape index (κ1) is 19.2. The summed E-state index contributed by atoms with van der Waals surface area (Å²) < 4.78 is 23.5. The second-order valence-corrected chi connectivity index (χ2v) is 7.81. The Morgan fingerprint density at radius 3 is 2.43 bits per heavy atom. The number of sulfone groups is 1. The number of aromatic carboxylic acids is 1. The first-order valence-electron chi connectivity index (χ1n) is 7.52. The van der Waals surface area contributed by atoms with Gasteiger partial charge in [0.2, 0.25) is 5.91 Å². The van der Waals surface area contributed by atoms with E-state index < -0.39 is 21.8 Å². The first-order chi connectivity index (χ1) is 10.7. The van der Waals surface area contributed by atoms with Crippen LogP contribution in [0.15, 0.2) is 24.3 Å². The van der Waals surface area contributed by atoms with Gasteiger partial charge in [0.15, 0.2) is 9.84 Å². The zero-order valence-electron chi connectivity index (χ0n) is 13.7. The van der Waals surface area contributed by atoms with Gasteiger partial charge in [-0.15, -0.1) is 0 Å². The van der Waals surface area contributed by atoms with E-state index in [0.717, 1.165) is 0 Å².